The maximum absolute atomic E-state index is 12.2. The number of nitrogens with one attached hydrogen (secondary N) is 2. The Hall–Kier alpha value is -1.96. The van der Waals surface area contributed by atoms with Crippen molar-refractivity contribution in [2.75, 3.05) is 19.7 Å². The van der Waals surface area contributed by atoms with Gasteiger partial charge in [0.15, 0.2) is 0 Å². The minimum absolute atomic E-state index is 0.00637. The molecule has 0 bridgehead atoms. The predicted molar refractivity (Wildman–Crippen MR) is 83.8 cm³/mol. The second-order valence-corrected chi connectivity index (χ2v) is 6.50. The molecular weight excluding hydrogens is 304 g/mol. The van der Waals surface area contributed by atoms with Crippen LogP contribution in [0.4, 0.5) is 0 Å². The lowest BCUT2D eigenvalue weighted by molar-refractivity contribution is -0.121. The lowest BCUT2D eigenvalue weighted by Gasteiger charge is -2.08. The summed E-state index contributed by atoms with van der Waals surface area (Å²) in [5.41, 5.74) is 0. The smallest absolute Gasteiger partial charge is 0.240 e. The molecule has 2 aromatic rings. The number of aliphatic hydroxyl groups excluding tert-OH is 1. The van der Waals surface area contributed by atoms with E-state index in [-0.39, 0.29) is 36.9 Å². The fourth-order valence-corrected chi connectivity index (χ4v) is 3.07. The molecule has 0 aliphatic carbocycles. The molecule has 0 atom stereocenters. The Balaban J connectivity index is 2.01. The number of benzene rings is 2. The average molecular weight is 322 g/mol. The monoisotopic (exact) mass is 322 g/mol. The molecular formula is C15H18N2O4S. The highest BCUT2D eigenvalue weighted by Crippen LogP contribution is 2.18. The molecule has 0 fully saturated rings. The summed E-state index contributed by atoms with van der Waals surface area (Å²) in [4.78, 5) is 11.5. The van der Waals surface area contributed by atoms with E-state index in [9.17, 15) is 13.2 Å². The quantitative estimate of drug-likeness (QED) is 0.696. The largest absolute Gasteiger partial charge is 0.395 e. The zero-order valence-corrected chi connectivity index (χ0v) is 12.8. The molecule has 7 heteroatoms. The van der Waals surface area contributed by atoms with Crippen LogP contribution >= 0.6 is 0 Å². The van der Waals surface area contributed by atoms with Crippen molar-refractivity contribution in [3.05, 3.63) is 42.5 Å². The van der Waals surface area contributed by atoms with Crippen molar-refractivity contribution >= 4 is 26.7 Å². The normalized spacial score (nSPS) is 11.5. The Morgan fingerprint density at radius 2 is 1.77 bits per heavy atom. The lowest BCUT2D eigenvalue weighted by Crippen LogP contribution is -2.32. The van der Waals surface area contributed by atoms with E-state index in [0.29, 0.717) is 0 Å². The molecule has 2 rings (SSSR count). The first-order valence-electron chi connectivity index (χ1n) is 6.89. The Bertz CT molecular complexity index is 759. The SMILES string of the molecule is O=C(CCNS(=O)(=O)c1ccc2ccccc2c1)NCCO. The molecule has 0 aromatic heterocycles. The van der Waals surface area contributed by atoms with E-state index in [1.165, 1.54) is 6.07 Å². The van der Waals surface area contributed by atoms with Crippen molar-refractivity contribution in [2.24, 2.45) is 0 Å². The topological polar surface area (TPSA) is 95.5 Å². The average Bonchev–Trinajstić information content (AvgIpc) is 2.52. The zero-order valence-electron chi connectivity index (χ0n) is 12.0. The van der Waals surface area contributed by atoms with Crippen LogP contribution in [-0.2, 0) is 14.8 Å². The van der Waals surface area contributed by atoms with Crippen molar-refractivity contribution in [2.45, 2.75) is 11.3 Å². The highest BCUT2D eigenvalue weighted by atomic mass is 32.2. The van der Waals surface area contributed by atoms with Crippen LogP contribution in [0.2, 0.25) is 0 Å². The molecule has 0 aliphatic heterocycles. The van der Waals surface area contributed by atoms with E-state index in [2.05, 4.69) is 10.0 Å². The summed E-state index contributed by atoms with van der Waals surface area (Å²) in [6, 6.07) is 12.4. The summed E-state index contributed by atoms with van der Waals surface area (Å²) < 4.78 is 26.8. The number of hydrogen-bond donors (Lipinski definition) is 3. The first kappa shape index (κ1) is 16.4. The maximum atomic E-state index is 12.2. The molecule has 0 aliphatic rings. The minimum Gasteiger partial charge on any atom is -0.395 e. The van der Waals surface area contributed by atoms with Crippen molar-refractivity contribution in [3.8, 4) is 0 Å². The summed E-state index contributed by atoms with van der Waals surface area (Å²) in [6.07, 6.45) is 0.0206. The van der Waals surface area contributed by atoms with Crippen LogP contribution in [0.15, 0.2) is 47.4 Å². The Kier molecular flexibility index (Phi) is 5.48. The van der Waals surface area contributed by atoms with E-state index in [1.807, 2.05) is 24.3 Å². The molecule has 0 saturated carbocycles. The van der Waals surface area contributed by atoms with Crippen LogP contribution in [0.1, 0.15) is 6.42 Å². The van der Waals surface area contributed by atoms with E-state index in [1.54, 1.807) is 12.1 Å². The summed E-state index contributed by atoms with van der Waals surface area (Å²) >= 11 is 0. The van der Waals surface area contributed by atoms with Gasteiger partial charge < -0.3 is 10.4 Å². The number of aliphatic hydroxyl groups is 1. The third-order valence-corrected chi connectivity index (χ3v) is 4.57. The zero-order chi connectivity index (χ0) is 16.0. The number of hydrogen-bond acceptors (Lipinski definition) is 4. The van der Waals surface area contributed by atoms with Gasteiger partial charge in [0.1, 0.15) is 0 Å². The van der Waals surface area contributed by atoms with Crippen LogP contribution in [0.5, 0.6) is 0 Å². The van der Waals surface area contributed by atoms with Gasteiger partial charge in [0, 0.05) is 19.5 Å². The molecule has 0 spiro atoms. The first-order chi connectivity index (χ1) is 10.5. The standard InChI is InChI=1S/C15H18N2O4S/c18-10-9-16-15(19)7-8-17-22(20,21)14-6-5-12-3-1-2-4-13(12)11-14/h1-6,11,17-18H,7-10H2,(H,16,19). The van der Waals surface area contributed by atoms with Gasteiger partial charge in [-0.3, -0.25) is 4.79 Å². The summed E-state index contributed by atoms with van der Waals surface area (Å²) in [6.45, 7) is 0.0250. The molecule has 6 nitrogen and oxygen atoms in total. The van der Waals surface area contributed by atoms with Gasteiger partial charge in [-0.05, 0) is 22.9 Å². The van der Waals surface area contributed by atoms with Gasteiger partial charge in [0.2, 0.25) is 15.9 Å². The van der Waals surface area contributed by atoms with Gasteiger partial charge in [-0.15, -0.1) is 0 Å². The Labute approximate surface area is 129 Å². The van der Waals surface area contributed by atoms with Crippen molar-refractivity contribution in [3.63, 3.8) is 0 Å². The van der Waals surface area contributed by atoms with Crippen LogP contribution in [0.3, 0.4) is 0 Å². The highest BCUT2D eigenvalue weighted by Gasteiger charge is 2.14. The molecule has 118 valence electrons. The molecule has 3 N–H and O–H groups in total. The van der Waals surface area contributed by atoms with Gasteiger partial charge in [0.25, 0.3) is 0 Å². The van der Waals surface area contributed by atoms with Crippen molar-refractivity contribution < 1.29 is 18.3 Å². The van der Waals surface area contributed by atoms with Crippen LogP contribution < -0.4 is 10.0 Å². The highest BCUT2D eigenvalue weighted by molar-refractivity contribution is 7.89. The Morgan fingerprint density at radius 3 is 2.50 bits per heavy atom. The van der Waals surface area contributed by atoms with E-state index >= 15 is 0 Å². The molecule has 0 saturated heterocycles. The van der Waals surface area contributed by atoms with Gasteiger partial charge in [-0.1, -0.05) is 30.3 Å². The molecule has 22 heavy (non-hydrogen) atoms. The van der Waals surface area contributed by atoms with Crippen LogP contribution in [0.25, 0.3) is 10.8 Å². The summed E-state index contributed by atoms with van der Waals surface area (Å²) in [7, 11) is -3.65. The summed E-state index contributed by atoms with van der Waals surface area (Å²) in [5.74, 6) is -0.310. The van der Waals surface area contributed by atoms with Crippen molar-refractivity contribution in [1.29, 1.82) is 0 Å². The van der Waals surface area contributed by atoms with Crippen molar-refractivity contribution in [1.82, 2.24) is 10.0 Å². The van der Waals surface area contributed by atoms with Crippen LogP contribution in [0, 0.1) is 0 Å². The van der Waals surface area contributed by atoms with Gasteiger partial charge in [-0.2, -0.15) is 0 Å². The van der Waals surface area contributed by atoms with E-state index < -0.39 is 10.0 Å². The molecule has 2 aromatic carbocycles. The number of carbonyl (C=O) groups excluding carboxylic acids is 1. The predicted octanol–water partition coefficient (Wildman–Crippen LogP) is 0.617. The second-order valence-electron chi connectivity index (χ2n) is 4.73. The number of rotatable bonds is 7. The second kappa shape index (κ2) is 7.35. The molecule has 0 heterocycles. The Morgan fingerprint density at radius 1 is 1.05 bits per heavy atom. The third kappa shape index (κ3) is 4.27. The number of carbonyl (C=O) groups is 1. The van der Waals surface area contributed by atoms with Gasteiger partial charge >= 0.3 is 0 Å². The number of fused-ring (bicyclic) bond motifs is 1. The summed E-state index contributed by atoms with van der Waals surface area (Å²) in [5, 5.41) is 12.8. The third-order valence-electron chi connectivity index (χ3n) is 3.11. The fraction of sp³-hybridized carbons (Fsp3) is 0.267. The lowest BCUT2D eigenvalue weighted by atomic mass is 10.1. The van der Waals surface area contributed by atoms with Gasteiger partial charge in [-0.25, -0.2) is 13.1 Å². The fourth-order valence-electron chi connectivity index (χ4n) is 2.00. The van der Waals surface area contributed by atoms with E-state index in [0.717, 1.165) is 10.8 Å². The molecule has 0 unspecified atom stereocenters. The minimum atomic E-state index is -3.65. The first-order valence-corrected chi connectivity index (χ1v) is 8.37. The number of sulfonamides is 1. The molecule has 0 radical (unpaired) electrons. The number of amides is 1. The maximum Gasteiger partial charge on any atom is 0.240 e. The van der Waals surface area contributed by atoms with E-state index in [4.69, 9.17) is 5.11 Å². The molecule has 1 amide bonds. The van der Waals surface area contributed by atoms with Gasteiger partial charge in [0.05, 0.1) is 11.5 Å². The van der Waals surface area contributed by atoms with Crippen LogP contribution in [-0.4, -0.2) is 39.1 Å².